The number of hydrogen-bond donors (Lipinski definition) is 2. The van der Waals surface area contributed by atoms with E-state index in [0.29, 0.717) is 19.3 Å². The van der Waals surface area contributed by atoms with E-state index in [-0.39, 0.29) is 31.0 Å². The van der Waals surface area contributed by atoms with Crippen LogP contribution < -0.4 is 15.4 Å². The summed E-state index contributed by atoms with van der Waals surface area (Å²) in [5, 5.41) is 6.37. The van der Waals surface area contributed by atoms with Crippen LogP contribution in [0.25, 0.3) is 0 Å². The second-order valence-corrected chi connectivity index (χ2v) is 5.36. The van der Waals surface area contributed by atoms with Gasteiger partial charge < -0.3 is 20.1 Å². The van der Waals surface area contributed by atoms with Gasteiger partial charge in [-0.1, -0.05) is 18.2 Å². The second kappa shape index (κ2) is 10.4. The van der Waals surface area contributed by atoms with Crippen molar-refractivity contribution in [2.75, 3.05) is 26.4 Å². The number of carbonyl (C=O) groups excluding carboxylic acids is 1. The number of benzene rings is 1. The van der Waals surface area contributed by atoms with Gasteiger partial charge in [0.05, 0.1) is 6.61 Å². The van der Waals surface area contributed by atoms with Crippen molar-refractivity contribution in [3.05, 3.63) is 30.3 Å². The van der Waals surface area contributed by atoms with Crippen molar-refractivity contribution in [3.8, 4) is 5.75 Å². The predicted molar refractivity (Wildman–Crippen MR) is 88.6 cm³/mol. The molecule has 1 heterocycles. The number of halogens is 1. The monoisotopic (exact) mass is 328 g/mol. The van der Waals surface area contributed by atoms with Gasteiger partial charge in [0.25, 0.3) is 0 Å². The van der Waals surface area contributed by atoms with Crippen molar-refractivity contribution in [2.45, 2.75) is 31.8 Å². The molecule has 2 rings (SSSR count). The number of hydrogen-bond acceptors (Lipinski definition) is 4. The zero-order chi connectivity index (χ0) is 14.9. The summed E-state index contributed by atoms with van der Waals surface area (Å²) in [5.41, 5.74) is 0. The van der Waals surface area contributed by atoms with Gasteiger partial charge in [-0.15, -0.1) is 12.4 Å². The molecule has 1 aromatic carbocycles. The Kier molecular flexibility index (Phi) is 8.89. The highest BCUT2D eigenvalue weighted by molar-refractivity contribution is 5.85. The zero-order valence-electron chi connectivity index (χ0n) is 12.9. The molecule has 2 unspecified atom stereocenters. The minimum atomic E-state index is -0.0474. The maximum Gasteiger partial charge on any atom is 0.246 e. The lowest BCUT2D eigenvalue weighted by atomic mass is 10.0. The molecule has 0 spiro atoms. The van der Waals surface area contributed by atoms with E-state index in [9.17, 15) is 4.79 Å². The molecule has 0 aromatic heterocycles. The van der Waals surface area contributed by atoms with Gasteiger partial charge >= 0.3 is 0 Å². The van der Waals surface area contributed by atoms with Gasteiger partial charge in [0.15, 0.2) is 0 Å². The Balaban J connectivity index is 0.00000242. The lowest BCUT2D eigenvalue weighted by Crippen LogP contribution is -2.47. The SMILES string of the molecule is CC1CC(NC(=O)COCCOc2ccccc2)CCN1.Cl. The van der Waals surface area contributed by atoms with E-state index in [4.69, 9.17) is 9.47 Å². The van der Waals surface area contributed by atoms with Gasteiger partial charge in [-0.3, -0.25) is 4.79 Å². The average molecular weight is 329 g/mol. The molecule has 2 atom stereocenters. The van der Waals surface area contributed by atoms with Crippen LogP contribution in [0, 0.1) is 0 Å². The standard InChI is InChI=1S/C16H24N2O3.ClH/c1-13-11-14(7-8-17-13)18-16(19)12-20-9-10-21-15-5-3-2-4-6-15;/h2-6,13-14,17H,7-12H2,1H3,(H,18,19);1H. The van der Waals surface area contributed by atoms with Crippen molar-refractivity contribution in [2.24, 2.45) is 0 Å². The molecule has 124 valence electrons. The summed E-state index contributed by atoms with van der Waals surface area (Å²) in [6.07, 6.45) is 1.95. The van der Waals surface area contributed by atoms with Crippen LogP contribution in [-0.2, 0) is 9.53 Å². The molecule has 1 aliphatic heterocycles. The maximum absolute atomic E-state index is 11.8. The predicted octanol–water partition coefficient (Wildman–Crippen LogP) is 1.76. The number of rotatable bonds is 7. The van der Waals surface area contributed by atoms with Crippen LogP contribution in [0.3, 0.4) is 0 Å². The summed E-state index contributed by atoms with van der Waals surface area (Å²) in [7, 11) is 0. The van der Waals surface area contributed by atoms with Crippen LogP contribution in [-0.4, -0.2) is 44.4 Å². The summed E-state index contributed by atoms with van der Waals surface area (Å²) in [6, 6.07) is 10.3. The minimum absolute atomic E-state index is 0. The van der Waals surface area contributed by atoms with Gasteiger partial charge in [-0.25, -0.2) is 0 Å². The molecule has 5 nitrogen and oxygen atoms in total. The summed E-state index contributed by atoms with van der Waals surface area (Å²) in [4.78, 5) is 11.8. The van der Waals surface area contributed by atoms with Crippen molar-refractivity contribution < 1.29 is 14.3 Å². The van der Waals surface area contributed by atoms with E-state index in [1.54, 1.807) is 0 Å². The molecule has 0 aliphatic carbocycles. The molecule has 1 aliphatic rings. The first-order chi connectivity index (χ1) is 10.2. The number of carbonyl (C=O) groups is 1. The Morgan fingerprint density at radius 1 is 1.32 bits per heavy atom. The molecule has 2 N–H and O–H groups in total. The van der Waals surface area contributed by atoms with E-state index in [1.807, 2.05) is 30.3 Å². The lowest BCUT2D eigenvalue weighted by molar-refractivity contribution is -0.126. The van der Waals surface area contributed by atoms with Gasteiger partial charge in [0.2, 0.25) is 5.91 Å². The lowest BCUT2D eigenvalue weighted by Gasteiger charge is -2.28. The topological polar surface area (TPSA) is 59.6 Å². The molecule has 1 amide bonds. The Bertz CT molecular complexity index is 431. The average Bonchev–Trinajstić information content (AvgIpc) is 2.48. The molecular formula is C16H25ClN2O3. The first-order valence-corrected chi connectivity index (χ1v) is 7.52. The largest absolute Gasteiger partial charge is 0.491 e. The van der Waals surface area contributed by atoms with Crippen LogP contribution in [0.15, 0.2) is 30.3 Å². The molecule has 0 bridgehead atoms. The molecule has 1 saturated heterocycles. The van der Waals surface area contributed by atoms with Crippen LogP contribution >= 0.6 is 12.4 Å². The summed E-state index contributed by atoms with van der Waals surface area (Å²) < 4.78 is 10.8. The Morgan fingerprint density at radius 3 is 2.82 bits per heavy atom. The van der Waals surface area contributed by atoms with Gasteiger partial charge in [-0.2, -0.15) is 0 Å². The number of nitrogens with one attached hydrogen (secondary N) is 2. The Morgan fingerprint density at radius 2 is 2.09 bits per heavy atom. The number of ether oxygens (including phenoxy) is 2. The maximum atomic E-state index is 11.8. The fourth-order valence-electron chi connectivity index (χ4n) is 2.43. The van der Waals surface area contributed by atoms with Crippen molar-refractivity contribution in [1.29, 1.82) is 0 Å². The van der Waals surface area contributed by atoms with Gasteiger partial charge in [0.1, 0.15) is 19.0 Å². The van der Waals surface area contributed by atoms with E-state index >= 15 is 0 Å². The number of piperidine rings is 1. The normalized spacial score (nSPS) is 20.8. The quantitative estimate of drug-likeness (QED) is 0.749. The first-order valence-electron chi connectivity index (χ1n) is 7.52. The highest BCUT2D eigenvalue weighted by Gasteiger charge is 2.19. The summed E-state index contributed by atoms with van der Waals surface area (Å²) in [6.45, 7) is 4.04. The molecule has 0 radical (unpaired) electrons. The third kappa shape index (κ3) is 7.11. The molecular weight excluding hydrogens is 304 g/mol. The fourth-order valence-corrected chi connectivity index (χ4v) is 2.43. The highest BCUT2D eigenvalue weighted by atomic mass is 35.5. The van der Waals surface area contributed by atoms with Gasteiger partial charge in [0, 0.05) is 12.1 Å². The fraction of sp³-hybridized carbons (Fsp3) is 0.562. The van der Waals surface area contributed by atoms with E-state index in [2.05, 4.69) is 17.6 Å². The first kappa shape index (κ1) is 18.7. The van der Waals surface area contributed by atoms with E-state index in [0.717, 1.165) is 25.1 Å². The smallest absolute Gasteiger partial charge is 0.246 e. The molecule has 6 heteroatoms. The zero-order valence-corrected chi connectivity index (χ0v) is 13.7. The molecule has 0 saturated carbocycles. The van der Waals surface area contributed by atoms with Gasteiger partial charge in [-0.05, 0) is 38.4 Å². The Labute approximate surface area is 138 Å². The second-order valence-electron chi connectivity index (χ2n) is 5.36. The van der Waals surface area contributed by atoms with Crippen molar-refractivity contribution in [1.82, 2.24) is 10.6 Å². The molecule has 1 fully saturated rings. The molecule has 1 aromatic rings. The van der Waals surface area contributed by atoms with Crippen molar-refractivity contribution >= 4 is 18.3 Å². The summed E-state index contributed by atoms with van der Waals surface area (Å²) >= 11 is 0. The van der Waals surface area contributed by atoms with Crippen LogP contribution in [0.4, 0.5) is 0 Å². The van der Waals surface area contributed by atoms with E-state index < -0.39 is 0 Å². The van der Waals surface area contributed by atoms with E-state index in [1.165, 1.54) is 0 Å². The minimum Gasteiger partial charge on any atom is -0.491 e. The Hall–Kier alpha value is -1.30. The van der Waals surface area contributed by atoms with Crippen LogP contribution in [0.2, 0.25) is 0 Å². The van der Waals surface area contributed by atoms with Crippen LogP contribution in [0.1, 0.15) is 19.8 Å². The highest BCUT2D eigenvalue weighted by Crippen LogP contribution is 2.08. The number of para-hydroxylation sites is 1. The van der Waals surface area contributed by atoms with Crippen LogP contribution in [0.5, 0.6) is 5.75 Å². The third-order valence-electron chi connectivity index (χ3n) is 3.46. The molecule has 22 heavy (non-hydrogen) atoms. The summed E-state index contributed by atoms with van der Waals surface area (Å²) in [5.74, 6) is 0.767. The number of amides is 1. The van der Waals surface area contributed by atoms with Crippen molar-refractivity contribution in [3.63, 3.8) is 0 Å². The third-order valence-corrected chi connectivity index (χ3v) is 3.46.